The normalized spacial score (nSPS) is 10.4. The molecule has 0 atom stereocenters. The van der Waals surface area contributed by atoms with E-state index in [-0.39, 0.29) is 12.6 Å². The van der Waals surface area contributed by atoms with Crippen LogP contribution in [0.1, 0.15) is 5.56 Å². The molecular formula is C14H12N4O2. The van der Waals surface area contributed by atoms with Crippen molar-refractivity contribution < 1.29 is 9.84 Å². The second-order valence-corrected chi connectivity index (χ2v) is 4.11. The van der Waals surface area contributed by atoms with Crippen LogP contribution in [0.3, 0.4) is 0 Å². The van der Waals surface area contributed by atoms with Gasteiger partial charge in [-0.2, -0.15) is 4.68 Å². The van der Waals surface area contributed by atoms with Crippen molar-refractivity contribution in [2.24, 2.45) is 0 Å². The van der Waals surface area contributed by atoms with Crippen molar-refractivity contribution in [1.82, 2.24) is 20.2 Å². The molecule has 3 aromatic rings. The summed E-state index contributed by atoms with van der Waals surface area (Å²) in [4.78, 5) is 0. The zero-order valence-corrected chi connectivity index (χ0v) is 10.5. The molecule has 0 aliphatic carbocycles. The van der Waals surface area contributed by atoms with Gasteiger partial charge in [-0.25, -0.2) is 0 Å². The Morgan fingerprint density at radius 1 is 1.00 bits per heavy atom. The molecular weight excluding hydrogens is 256 g/mol. The summed E-state index contributed by atoms with van der Waals surface area (Å²) in [6, 6.07) is 16.9. The van der Waals surface area contributed by atoms with Crippen molar-refractivity contribution in [3.8, 4) is 17.4 Å². The Balaban J connectivity index is 1.86. The number of aliphatic hydroxyl groups excluding tert-OH is 1. The van der Waals surface area contributed by atoms with Gasteiger partial charge in [0.15, 0.2) is 0 Å². The van der Waals surface area contributed by atoms with Gasteiger partial charge in [-0.15, -0.1) is 0 Å². The lowest BCUT2D eigenvalue weighted by molar-refractivity contribution is 0.281. The number of nitrogens with zero attached hydrogens (tertiary/aromatic N) is 4. The Hall–Kier alpha value is -2.73. The summed E-state index contributed by atoms with van der Waals surface area (Å²) in [7, 11) is 0. The first-order valence-electron chi connectivity index (χ1n) is 6.08. The molecule has 0 aliphatic heterocycles. The molecule has 6 nitrogen and oxygen atoms in total. The first-order chi connectivity index (χ1) is 9.86. The molecule has 6 heteroatoms. The molecule has 20 heavy (non-hydrogen) atoms. The minimum atomic E-state index is 0.00202. The van der Waals surface area contributed by atoms with Crippen molar-refractivity contribution in [3.63, 3.8) is 0 Å². The molecule has 1 N–H and O–H groups in total. The largest absolute Gasteiger partial charge is 0.423 e. The van der Waals surface area contributed by atoms with Gasteiger partial charge >= 0.3 is 6.01 Å². The molecule has 0 saturated carbocycles. The van der Waals surface area contributed by atoms with Crippen molar-refractivity contribution >= 4 is 0 Å². The fourth-order valence-corrected chi connectivity index (χ4v) is 1.74. The Kier molecular flexibility index (Phi) is 3.38. The summed E-state index contributed by atoms with van der Waals surface area (Å²) in [5, 5.41) is 20.4. The molecule has 1 heterocycles. The maximum Gasteiger partial charge on any atom is 0.345 e. The molecule has 100 valence electrons. The molecule has 0 saturated heterocycles. The maximum atomic E-state index is 9.00. The number of hydrogen-bond donors (Lipinski definition) is 1. The van der Waals surface area contributed by atoms with Crippen LogP contribution in [0.2, 0.25) is 0 Å². The molecule has 2 aromatic carbocycles. The van der Waals surface area contributed by atoms with Gasteiger partial charge in [-0.3, -0.25) is 0 Å². The number of aromatic nitrogens is 4. The van der Waals surface area contributed by atoms with E-state index in [9.17, 15) is 0 Å². The first-order valence-corrected chi connectivity index (χ1v) is 6.08. The first kappa shape index (κ1) is 12.3. The number of aliphatic hydroxyl groups is 1. The third-order valence-electron chi connectivity index (χ3n) is 2.76. The van der Waals surface area contributed by atoms with E-state index in [1.165, 1.54) is 4.68 Å². The van der Waals surface area contributed by atoms with Crippen LogP contribution in [-0.4, -0.2) is 25.3 Å². The second-order valence-electron chi connectivity index (χ2n) is 4.11. The summed E-state index contributed by atoms with van der Waals surface area (Å²) in [5.74, 6) is 0.606. The van der Waals surface area contributed by atoms with Crippen molar-refractivity contribution in [2.45, 2.75) is 6.61 Å². The average molecular weight is 268 g/mol. The maximum absolute atomic E-state index is 9.00. The van der Waals surface area contributed by atoms with Gasteiger partial charge in [-0.1, -0.05) is 35.4 Å². The van der Waals surface area contributed by atoms with Gasteiger partial charge in [-0.05, 0) is 40.3 Å². The Morgan fingerprint density at radius 2 is 1.75 bits per heavy atom. The molecule has 0 bridgehead atoms. The minimum Gasteiger partial charge on any atom is -0.423 e. The molecule has 0 unspecified atom stereocenters. The van der Waals surface area contributed by atoms with Crippen molar-refractivity contribution in [2.75, 3.05) is 0 Å². The highest BCUT2D eigenvalue weighted by Crippen LogP contribution is 2.21. The fourth-order valence-electron chi connectivity index (χ4n) is 1.74. The van der Waals surface area contributed by atoms with Gasteiger partial charge < -0.3 is 9.84 Å². The van der Waals surface area contributed by atoms with E-state index in [1.54, 1.807) is 24.3 Å². The lowest BCUT2D eigenvalue weighted by Gasteiger charge is -2.06. The van der Waals surface area contributed by atoms with E-state index >= 15 is 0 Å². The standard InChI is InChI=1S/C14H12N4O2/c19-10-11-6-8-13(9-7-11)20-14-15-16-17-18(14)12-4-2-1-3-5-12/h1-9,19H,10H2. The van der Waals surface area contributed by atoms with Crippen LogP contribution in [0, 0.1) is 0 Å². The van der Waals surface area contributed by atoms with Crippen LogP contribution in [0.4, 0.5) is 0 Å². The minimum absolute atomic E-state index is 0.00202. The molecule has 0 spiro atoms. The topological polar surface area (TPSA) is 73.1 Å². The quantitative estimate of drug-likeness (QED) is 0.783. The Morgan fingerprint density at radius 3 is 2.45 bits per heavy atom. The highest BCUT2D eigenvalue weighted by atomic mass is 16.5. The van der Waals surface area contributed by atoms with E-state index in [1.807, 2.05) is 30.3 Å². The fraction of sp³-hybridized carbons (Fsp3) is 0.0714. The molecule has 1 aromatic heterocycles. The summed E-state index contributed by atoms with van der Waals surface area (Å²) in [5.41, 5.74) is 1.64. The molecule has 0 amide bonds. The SMILES string of the molecule is OCc1ccc(Oc2nnnn2-c2ccccc2)cc1. The summed E-state index contributed by atoms with van der Waals surface area (Å²) in [6.45, 7) is 0.00202. The summed E-state index contributed by atoms with van der Waals surface area (Å²) >= 11 is 0. The third kappa shape index (κ3) is 2.50. The zero-order valence-electron chi connectivity index (χ0n) is 10.5. The Labute approximate surface area is 115 Å². The molecule has 0 fully saturated rings. The predicted molar refractivity (Wildman–Crippen MR) is 71.6 cm³/mol. The monoisotopic (exact) mass is 268 g/mol. The van der Waals surface area contributed by atoms with Gasteiger partial charge in [0.25, 0.3) is 0 Å². The number of rotatable bonds is 4. The summed E-state index contributed by atoms with van der Waals surface area (Å²) < 4.78 is 7.16. The molecule has 3 rings (SSSR count). The zero-order chi connectivity index (χ0) is 13.8. The van der Waals surface area contributed by atoms with Crippen LogP contribution < -0.4 is 4.74 Å². The van der Waals surface area contributed by atoms with Crippen LogP contribution in [-0.2, 0) is 6.61 Å². The van der Waals surface area contributed by atoms with Crippen molar-refractivity contribution in [3.05, 3.63) is 60.2 Å². The van der Waals surface area contributed by atoms with E-state index in [0.717, 1.165) is 11.3 Å². The van der Waals surface area contributed by atoms with Crippen LogP contribution >= 0.6 is 0 Å². The lowest BCUT2D eigenvalue weighted by atomic mass is 10.2. The summed E-state index contributed by atoms with van der Waals surface area (Å²) in [6.07, 6.45) is 0. The number of hydrogen-bond acceptors (Lipinski definition) is 5. The van der Waals surface area contributed by atoms with Crippen LogP contribution in [0.5, 0.6) is 11.8 Å². The van der Waals surface area contributed by atoms with E-state index in [4.69, 9.17) is 9.84 Å². The van der Waals surface area contributed by atoms with E-state index < -0.39 is 0 Å². The number of tetrazole rings is 1. The predicted octanol–water partition coefficient (Wildman–Crippen LogP) is 1.95. The number of ether oxygens (including phenoxy) is 1. The van der Waals surface area contributed by atoms with Crippen molar-refractivity contribution in [1.29, 1.82) is 0 Å². The average Bonchev–Trinajstić information content (AvgIpc) is 2.97. The highest BCUT2D eigenvalue weighted by Gasteiger charge is 2.10. The lowest BCUT2D eigenvalue weighted by Crippen LogP contribution is -2.00. The number of benzene rings is 2. The smallest absolute Gasteiger partial charge is 0.345 e. The third-order valence-corrected chi connectivity index (χ3v) is 2.76. The van der Waals surface area contributed by atoms with Gasteiger partial charge in [0.2, 0.25) is 0 Å². The van der Waals surface area contributed by atoms with Crippen LogP contribution in [0.15, 0.2) is 54.6 Å². The van der Waals surface area contributed by atoms with Gasteiger partial charge in [0, 0.05) is 0 Å². The highest BCUT2D eigenvalue weighted by molar-refractivity contribution is 5.34. The number of para-hydroxylation sites is 1. The molecule has 0 aliphatic rings. The van der Waals surface area contributed by atoms with Gasteiger partial charge in [0.05, 0.1) is 12.3 Å². The van der Waals surface area contributed by atoms with E-state index in [0.29, 0.717) is 5.75 Å². The Bertz CT molecular complexity index is 680. The second kappa shape index (κ2) is 5.50. The van der Waals surface area contributed by atoms with E-state index in [2.05, 4.69) is 15.5 Å². The van der Waals surface area contributed by atoms with Gasteiger partial charge in [0.1, 0.15) is 5.75 Å². The van der Waals surface area contributed by atoms with Crippen LogP contribution in [0.25, 0.3) is 5.69 Å². The molecule has 0 radical (unpaired) electrons.